The van der Waals surface area contributed by atoms with Crippen LogP contribution in [0, 0.1) is 18.6 Å². The highest BCUT2D eigenvalue weighted by Gasteiger charge is 2.46. The molecular weight excluding hydrogens is 256 g/mol. The molecule has 1 aromatic carbocycles. The van der Waals surface area contributed by atoms with Gasteiger partial charge in [0.2, 0.25) is 0 Å². The van der Waals surface area contributed by atoms with E-state index >= 15 is 0 Å². The summed E-state index contributed by atoms with van der Waals surface area (Å²) in [5.41, 5.74) is -1.73. The summed E-state index contributed by atoms with van der Waals surface area (Å²) >= 11 is 0. The van der Waals surface area contributed by atoms with Crippen molar-refractivity contribution in [1.29, 1.82) is 0 Å². The highest BCUT2D eigenvalue weighted by Crippen LogP contribution is 2.32. The Labute approximate surface area is 108 Å². The quantitative estimate of drug-likeness (QED) is 0.882. The first-order valence-electron chi connectivity index (χ1n) is 5.87. The number of aliphatic carboxylic acids is 1. The van der Waals surface area contributed by atoms with Gasteiger partial charge in [0, 0.05) is 0 Å². The summed E-state index contributed by atoms with van der Waals surface area (Å²) in [5, 5.41) is 11.4. The molecule has 1 aliphatic rings. The minimum atomic E-state index is -1.34. The first-order valence-corrected chi connectivity index (χ1v) is 5.87. The lowest BCUT2D eigenvalue weighted by atomic mass is 9.76. The molecule has 0 unspecified atom stereocenters. The number of amides is 1. The van der Waals surface area contributed by atoms with Gasteiger partial charge in [-0.05, 0) is 43.9 Å². The van der Waals surface area contributed by atoms with Crippen LogP contribution in [0.25, 0.3) is 0 Å². The number of carboxylic acids is 1. The number of benzene rings is 1. The number of carbonyl (C=O) groups excluding carboxylic acids is 1. The summed E-state index contributed by atoms with van der Waals surface area (Å²) in [5.74, 6) is -3.63. The molecule has 1 aromatic rings. The Morgan fingerprint density at radius 2 is 1.89 bits per heavy atom. The van der Waals surface area contributed by atoms with Crippen molar-refractivity contribution in [3.05, 3.63) is 34.9 Å². The van der Waals surface area contributed by atoms with E-state index in [0.717, 1.165) is 12.1 Å². The molecule has 102 valence electrons. The van der Waals surface area contributed by atoms with Crippen molar-refractivity contribution in [3.8, 4) is 0 Å². The molecular formula is C13H13F2NO3. The van der Waals surface area contributed by atoms with Crippen LogP contribution >= 0.6 is 0 Å². The van der Waals surface area contributed by atoms with Crippen molar-refractivity contribution in [1.82, 2.24) is 5.32 Å². The topological polar surface area (TPSA) is 66.4 Å². The maximum absolute atomic E-state index is 13.6. The van der Waals surface area contributed by atoms with Crippen LogP contribution in [0.4, 0.5) is 8.78 Å². The molecule has 1 aliphatic carbocycles. The largest absolute Gasteiger partial charge is 0.480 e. The first-order chi connectivity index (χ1) is 8.85. The van der Waals surface area contributed by atoms with Crippen LogP contribution in [0.1, 0.15) is 35.2 Å². The number of hydrogen-bond donors (Lipinski definition) is 2. The van der Waals surface area contributed by atoms with Gasteiger partial charge in [0.1, 0.15) is 17.2 Å². The Bertz CT molecular complexity index is 553. The highest BCUT2D eigenvalue weighted by molar-refractivity contribution is 5.98. The second-order valence-corrected chi connectivity index (χ2v) is 4.78. The van der Waals surface area contributed by atoms with E-state index in [9.17, 15) is 18.4 Å². The molecule has 19 heavy (non-hydrogen) atoms. The molecule has 0 aromatic heterocycles. The minimum Gasteiger partial charge on any atom is -0.480 e. The van der Waals surface area contributed by atoms with Crippen LogP contribution in [0.3, 0.4) is 0 Å². The van der Waals surface area contributed by atoms with E-state index in [4.69, 9.17) is 5.11 Å². The Kier molecular flexibility index (Phi) is 3.26. The van der Waals surface area contributed by atoms with Gasteiger partial charge >= 0.3 is 5.97 Å². The lowest BCUT2D eigenvalue weighted by molar-refractivity contribution is -0.148. The number of carboxylic acid groups (broad SMARTS) is 1. The number of rotatable bonds is 3. The van der Waals surface area contributed by atoms with Gasteiger partial charge in [0.05, 0.1) is 5.56 Å². The molecule has 0 atom stereocenters. The van der Waals surface area contributed by atoms with Crippen molar-refractivity contribution >= 4 is 11.9 Å². The van der Waals surface area contributed by atoms with Crippen molar-refractivity contribution < 1.29 is 23.5 Å². The van der Waals surface area contributed by atoms with E-state index in [1.54, 1.807) is 0 Å². The molecule has 2 N–H and O–H groups in total. The van der Waals surface area contributed by atoms with Crippen LogP contribution in [0.2, 0.25) is 0 Å². The van der Waals surface area contributed by atoms with Gasteiger partial charge in [-0.25, -0.2) is 13.6 Å². The molecule has 0 spiro atoms. The molecule has 1 saturated carbocycles. The standard InChI is InChI=1S/C13H13F2NO3/c1-7-5-10(15)8(6-9(7)14)11(17)16-13(12(18)19)3-2-4-13/h5-6H,2-4H2,1H3,(H,16,17)(H,18,19). The van der Waals surface area contributed by atoms with Gasteiger partial charge in [-0.2, -0.15) is 0 Å². The Morgan fingerprint density at radius 1 is 1.26 bits per heavy atom. The van der Waals surface area contributed by atoms with Gasteiger partial charge in [-0.3, -0.25) is 4.79 Å². The van der Waals surface area contributed by atoms with Gasteiger partial charge in [-0.15, -0.1) is 0 Å². The molecule has 1 fully saturated rings. The zero-order valence-corrected chi connectivity index (χ0v) is 10.3. The highest BCUT2D eigenvalue weighted by atomic mass is 19.1. The molecule has 0 aliphatic heterocycles. The number of nitrogens with one attached hydrogen (secondary N) is 1. The van der Waals surface area contributed by atoms with E-state index in [1.165, 1.54) is 6.92 Å². The SMILES string of the molecule is Cc1cc(F)c(C(=O)NC2(C(=O)O)CCC2)cc1F. The second kappa shape index (κ2) is 4.60. The molecule has 2 rings (SSSR count). The van der Waals surface area contributed by atoms with Gasteiger partial charge in [-0.1, -0.05) is 0 Å². The fourth-order valence-corrected chi connectivity index (χ4v) is 2.03. The van der Waals surface area contributed by atoms with Crippen LogP contribution in [-0.2, 0) is 4.79 Å². The van der Waals surface area contributed by atoms with Crippen molar-refractivity contribution in [2.24, 2.45) is 0 Å². The van der Waals surface area contributed by atoms with E-state index in [0.29, 0.717) is 19.3 Å². The predicted molar refractivity (Wildman–Crippen MR) is 62.8 cm³/mol. The smallest absolute Gasteiger partial charge is 0.329 e. The van der Waals surface area contributed by atoms with Gasteiger partial charge in [0.15, 0.2) is 0 Å². The average Bonchev–Trinajstić information content (AvgIpc) is 2.27. The zero-order chi connectivity index (χ0) is 14.2. The average molecular weight is 269 g/mol. The summed E-state index contributed by atoms with van der Waals surface area (Å²) in [6.45, 7) is 1.38. The summed E-state index contributed by atoms with van der Waals surface area (Å²) < 4.78 is 26.9. The number of aryl methyl sites for hydroxylation is 1. The third kappa shape index (κ3) is 2.30. The lowest BCUT2D eigenvalue weighted by Crippen LogP contribution is -2.59. The Balaban J connectivity index is 2.25. The van der Waals surface area contributed by atoms with Crippen molar-refractivity contribution in [3.63, 3.8) is 0 Å². The maximum atomic E-state index is 13.6. The molecule has 4 nitrogen and oxygen atoms in total. The van der Waals surface area contributed by atoms with Gasteiger partial charge in [0.25, 0.3) is 5.91 Å². The van der Waals surface area contributed by atoms with Gasteiger partial charge < -0.3 is 10.4 Å². The summed E-state index contributed by atoms with van der Waals surface area (Å²) in [4.78, 5) is 23.0. The Hall–Kier alpha value is -1.98. The molecule has 0 bridgehead atoms. The second-order valence-electron chi connectivity index (χ2n) is 4.78. The normalized spacial score (nSPS) is 16.6. The number of halogens is 2. The Morgan fingerprint density at radius 3 is 2.37 bits per heavy atom. The predicted octanol–water partition coefficient (Wildman–Crippen LogP) is 2.01. The van der Waals surface area contributed by atoms with Crippen LogP contribution in [-0.4, -0.2) is 22.5 Å². The fourth-order valence-electron chi connectivity index (χ4n) is 2.03. The van der Waals surface area contributed by atoms with E-state index in [-0.39, 0.29) is 5.56 Å². The van der Waals surface area contributed by atoms with Crippen molar-refractivity contribution in [2.75, 3.05) is 0 Å². The third-order valence-corrected chi connectivity index (χ3v) is 3.46. The van der Waals surface area contributed by atoms with E-state index < -0.39 is 34.6 Å². The number of hydrogen-bond acceptors (Lipinski definition) is 2. The van der Waals surface area contributed by atoms with Crippen LogP contribution in [0.15, 0.2) is 12.1 Å². The minimum absolute atomic E-state index is 0.0886. The molecule has 0 saturated heterocycles. The van der Waals surface area contributed by atoms with E-state index in [2.05, 4.69) is 5.32 Å². The number of carbonyl (C=O) groups is 2. The monoisotopic (exact) mass is 269 g/mol. The summed E-state index contributed by atoms with van der Waals surface area (Å²) in [6.07, 6.45) is 1.27. The fraction of sp³-hybridized carbons (Fsp3) is 0.385. The molecule has 1 amide bonds. The molecule has 6 heteroatoms. The van der Waals surface area contributed by atoms with Crippen molar-refractivity contribution in [2.45, 2.75) is 31.7 Å². The zero-order valence-electron chi connectivity index (χ0n) is 10.3. The first kappa shape index (κ1) is 13.5. The van der Waals surface area contributed by atoms with E-state index in [1.807, 2.05) is 0 Å². The van der Waals surface area contributed by atoms with Crippen LogP contribution in [0.5, 0.6) is 0 Å². The lowest BCUT2D eigenvalue weighted by Gasteiger charge is -2.38. The summed E-state index contributed by atoms with van der Waals surface area (Å²) in [6, 6.07) is 1.70. The third-order valence-electron chi connectivity index (χ3n) is 3.46. The molecule has 0 heterocycles. The maximum Gasteiger partial charge on any atom is 0.329 e. The molecule has 0 radical (unpaired) electrons. The summed E-state index contributed by atoms with van der Waals surface area (Å²) in [7, 11) is 0. The van der Waals surface area contributed by atoms with Crippen LogP contribution < -0.4 is 5.32 Å².